The number of aromatic nitrogens is 2. The maximum Gasteiger partial charge on any atom is 0.225 e. The summed E-state index contributed by atoms with van der Waals surface area (Å²) in [5, 5.41) is 16.4. The second-order valence-electron chi connectivity index (χ2n) is 5.88. The molecule has 0 bridgehead atoms. The van der Waals surface area contributed by atoms with Crippen LogP contribution in [0.3, 0.4) is 0 Å². The van der Waals surface area contributed by atoms with E-state index in [1.165, 1.54) is 0 Å². The van der Waals surface area contributed by atoms with E-state index in [-0.39, 0.29) is 17.6 Å². The lowest BCUT2D eigenvalue weighted by Gasteiger charge is -2.21. The van der Waals surface area contributed by atoms with Crippen LogP contribution < -0.4 is 0 Å². The van der Waals surface area contributed by atoms with Gasteiger partial charge in [-0.2, -0.15) is 5.10 Å². The third kappa shape index (κ3) is 3.67. The first-order valence-electron chi connectivity index (χ1n) is 7.41. The summed E-state index contributed by atoms with van der Waals surface area (Å²) in [5.74, 6) is 0.238. The largest absolute Gasteiger partial charge is 0.508 e. The predicted octanol–water partition coefficient (Wildman–Crippen LogP) is 2.57. The minimum Gasteiger partial charge on any atom is -0.508 e. The molecule has 2 N–H and O–H groups in total. The van der Waals surface area contributed by atoms with Gasteiger partial charge < -0.3 is 10.0 Å². The number of phenols is 1. The first-order chi connectivity index (χ1) is 10.4. The Hall–Kier alpha value is -2.30. The zero-order chi connectivity index (χ0) is 16.3. The Bertz CT molecular complexity index is 627. The summed E-state index contributed by atoms with van der Waals surface area (Å²) in [6.07, 6.45) is 0.687. The summed E-state index contributed by atoms with van der Waals surface area (Å²) >= 11 is 0. The van der Waals surface area contributed by atoms with Crippen LogP contribution in [0, 0.1) is 19.8 Å². The van der Waals surface area contributed by atoms with Gasteiger partial charge in [-0.15, -0.1) is 0 Å². The van der Waals surface area contributed by atoms with Gasteiger partial charge in [0, 0.05) is 25.2 Å². The molecule has 2 aromatic rings. The van der Waals surface area contributed by atoms with Crippen LogP contribution in [0.4, 0.5) is 0 Å². The van der Waals surface area contributed by atoms with Gasteiger partial charge in [0.2, 0.25) is 5.91 Å². The number of aromatic amines is 1. The van der Waals surface area contributed by atoms with E-state index in [4.69, 9.17) is 0 Å². The van der Waals surface area contributed by atoms with E-state index in [2.05, 4.69) is 10.2 Å². The number of phenolic OH excluding ortho intramolecular Hbond substituents is 1. The molecule has 118 valence electrons. The molecule has 5 nitrogen and oxygen atoms in total. The average Bonchev–Trinajstić information content (AvgIpc) is 2.80. The van der Waals surface area contributed by atoms with Crippen molar-refractivity contribution in [1.82, 2.24) is 15.1 Å². The smallest absolute Gasteiger partial charge is 0.225 e. The molecule has 2 rings (SSSR count). The Morgan fingerprint density at radius 3 is 2.50 bits per heavy atom. The maximum absolute atomic E-state index is 12.5. The third-order valence-corrected chi connectivity index (χ3v) is 3.94. The normalized spacial score (nSPS) is 12.2. The van der Waals surface area contributed by atoms with Crippen molar-refractivity contribution in [2.24, 2.45) is 5.92 Å². The molecule has 5 heteroatoms. The van der Waals surface area contributed by atoms with Gasteiger partial charge in [0.05, 0.1) is 5.69 Å². The summed E-state index contributed by atoms with van der Waals surface area (Å²) in [6.45, 7) is 6.41. The maximum atomic E-state index is 12.5. The van der Waals surface area contributed by atoms with Crippen LogP contribution in [-0.4, -0.2) is 33.2 Å². The lowest BCUT2D eigenvalue weighted by molar-refractivity contribution is -0.134. The number of aryl methyl sites for hydroxylation is 2. The van der Waals surface area contributed by atoms with Gasteiger partial charge in [-0.1, -0.05) is 19.1 Å². The second-order valence-corrected chi connectivity index (χ2v) is 5.88. The van der Waals surface area contributed by atoms with Crippen molar-refractivity contribution in [2.75, 3.05) is 7.05 Å². The molecule has 1 aromatic carbocycles. The fraction of sp³-hybridized carbons (Fsp3) is 0.412. The Labute approximate surface area is 131 Å². The molecule has 0 fully saturated rings. The summed E-state index contributed by atoms with van der Waals surface area (Å²) in [5.41, 5.74) is 4.10. The van der Waals surface area contributed by atoms with Gasteiger partial charge >= 0.3 is 0 Å². The van der Waals surface area contributed by atoms with E-state index >= 15 is 0 Å². The van der Waals surface area contributed by atoms with Crippen molar-refractivity contribution >= 4 is 5.91 Å². The van der Waals surface area contributed by atoms with Crippen molar-refractivity contribution in [3.05, 3.63) is 46.8 Å². The van der Waals surface area contributed by atoms with Gasteiger partial charge in [0.15, 0.2) is 0 Å². The van der Waals surface area contributed by atoms with Crippen LogP contribution in [0.5, 0.6) is 5.75 Å². The van der Waals surface area contributed by atoms with Gasteiger partial charge in [-0.25, -0.2) is 0 Å². The zero-order valence-electron chi connectivity index (χ0n) is 13.6. The lowest BCUT2D eigenvalue weighted by Crippen LogP contribution is -2.32. The number of H-pyrrole nitrogens is 1. The van der Waals surface area contributed by atoms with Crippen molar-refractivity contribution in [3.8, 4) is 5.75 Å². The van der Waals surface area contributed by atoms with Crippen molar-refractivity contribution in [1.29, 1.82) is 0 Å². The van der Waals surface area contributed by atoms with Gasteiger partial charge in [-0.05, 0) is 43.5 Å². The highest BCUT2D eigenvalue weighted by Crippen LogP contribution is 2.18. The molecule has 0 radical (unpaired) electrons. The van der Waals surface area contributed by atoms with Crippen LogP contribution in [0.25, 0.3) is 0 Å². The van der Waals surface area contributed by atoms with Crippen molar-refractivity contribution < 1.29 is 9.90 Å². The molecule has 0 saturated carbocycles. The number of hydrogen-bond acceptors (Lipinski definition) is 3. The highest BCUT2D eigenvalue weighted by molar-refractivity contribution is 5.78. The number of aromatic hydroxyl groups is 1. The SMILES string of the molecule is Cc1n[nH]c(C)c1C[C@@H](C)C(=O)N(C)Cc1ccc(O)cc1. The van der Waals surface area contributed by atoms with Gasteiger partial charge in [-0.3, -0.25) is 9.89 Å². The van der Waals surface area contributed by atoms with Crippen LogP contribution in [0.1, 0.15) is 29.4 Å². The predicted molar refractivity (Wildman–Crippen MR) is 85.5 cm³/mol. The molecular formula is C17H23N3O2. The monoisotopic (exact) mass is 301 g/mol. The zero-order valence-corrected chi connectivity index (χ0v) is 13.6. The standard InChI is InChI=1S/C17H23N3O2/c1-11(9-16-12(2)18-19-13(16)3)17(22)20(4)10-14-5-7-15(21)8-6-14/h5-8,11,21H,9-10H2,1-4H3,(H,18,19)/t11-/m1/s1. The van der Waals surface area contributed by atoms with E-state index < -0.39 is 0 Å². The molecule has 1 atom stereocenters. The average molecular weight is 301 g/mol. The molecule has 0 unspecified atom stereocenters. The molecule has 1 heterocycles. The fourth-order valence-electron chi connectivity index (χ4n) is 2.60. The van der Waals surface area contributed by atoms with Gasteiger partial charge in [0.1, 0.15) is 5.75 Å². The first-order valence-corrected chi connectivity index (χ1v) is 7.41. The molecule has 0 spiro atoms. The Balaban J connectivity index is 1.99. The van der Waals surface area contributed by atoms with E-state index in [0.717, 1.165) is 22.5 Å². The van der Waals surface area contributed by atoms with E-state index in [1.807, 2.05) is 32.9 Å². The minimum absolute atomic E-state index is 0.0999. The summed E-state index contributed by atoms with van der Waals surface area (Å²) < 4.78 is 0. The van der Waals surface area contributed by atoms with E-state index in [9.17, 15) is 9.90 Å². The van der Waals surface area contributed by atoms with Crippen LogP contribution in [0.2, 0.25) is 0 Å². The second kappa shape index (κ2) is 6.64. The Morgan fingerprint density at radius 2 is 1.95 bits per heavy atom. The van der Waals surface area contributed by atoms with Crippen LogP contribution >= 0.6 is 0 Å². The molecule has 1 amide bonds. The number of amides is 1. The van der Waals surface area contributed by atoms with E-state index in [0.29, 0.717) is 13.0 Å². The number of benzene rings is 1. The number of carbonyl (C=O) groups is 1. The number of hydrogen-bond donors (Lipinski definition) is 2. The molecule has 0 aliphatic carbocycles. The quantitative estimate of drug-likeness (QED) is 0.891. The molecule has 1 aromatic heterocycles. The molecule has 0 aliphatic rings. The number of carbonyl (C=O) groups excluding carboxylic acids is 1. The topological polar surface area (TPSA) is 69.2 Å². The summed E-state index contributed by atoms with van der Waals surface area (Å²) in [4.78, 5) is 14.2. The number of nitrogens with zero attached hydrogens (tertiary/aromatic N) is 2. The fourth-order valence-corrected chi connectivity index (χ4v) is 2.60. The molecule has 22 heavy (non-hydrogen) atoms. The van der Waals surface area contributed by atoms with Crippen molar-refractivity contribution in [2.45, 2.75) is 33.7 Å². The number of rotatable bonds is 5. The molecule has 0 aliphatic heterocycles. The Kier molecular flexibility index (Phi) is 4.85. The number of nitrogens with one attached hydrogen (secondary N) is 1. The van der Waals surface area contributed by atoms with Crippen molar-refractivity contribution in [3.63, 3.8) is 0 Å². The Morgan fingerprint density at radius 1 is 1.32 bits per heavy atom. The molecule has 0 saturated heterocycles. The minimum atomic E-state index is -0.0999. The summed E-state index contributed by atoms with van der Waals surface area (Å²) in [6, 6.07) is 6.92. The first kappa shape index (κ1) is 16.1. The molecular weight excluding hydrogens is 278 g/mol. The summed E-state index contributed by atoms with van der Waals surface area (Å²) in [7, 11) is 1.81. The van der Waals surface area contributed by atoms with Crippen LogP contribution in [0.15, 0.2) is 24.3 Å². The lowest BCUT2D eigenvalue weighted by atomic mass is 9.98. The highest BCUT2D eigenvalue weighted by Gasteiger charge is 2.20. The van der Waals surface area contributed by atoms with Gasteiger partial charge in [0.25, 0.3) is 0 Å². The van der Waals surface area contributed by atoms with E-state index in [1.54, 1.807) is 24.1 Å². The third-order valence-electron chi connectivity index (χ3n) is 3.94. The highest BCUT2D eigenvalue weighted by atomic mass is 16.3. The van der Waals surface area contributed by atoms with Crippen LogP contribution in [-0.2, 0) is 17.8 Å².